The van der Waals surface area contributed by atoms with Crippen molar-refractivity contribution < 1.29 is 9.53 Å². The Bertz CT molecular complexity index is 216. The van der Waals surface area contributed by atoms with E-state index < -0.39 is 0 Å². The van der Waals surface area contributed by atoms with Crippen LogP contribution in [0, 0.1) is 11.8 Å². The average Bonchev–Trinajstić information content (AvgIpc) is 2.99. The SMILES string of the molecule is O=C(OCC1CC=CCC1)C1CC1. The van der Waals surface area contributed by atoms with E-state index in [0.29, 0.717) is 12.5 Å². The summed E-state index contributed by atoms with van der Waals surface area (Å²) >= 11 is 0. The molecule has 0 aromatic rings. The highest BCUT2D eigenvalue weighted by molar-refractivity contribution is 5.74. The number of hydrogen-bond acceptors (Lipinski definition) is 2. The van der Waals surface area contributed by atoms with Crippen LogP contribution in [-0.4, -0.2) is 12.6 Å². The third-order valence-corrected chi connectivity index (χ3v) is 2.75. The van der Waals surface area contributed by atoms with Gasteiger partial charge < -0.3 is 4.74 Å². The van der Waals surface area contributed by atoms with Gasteiger partial charge in [-0.25, -0.2) is 0 Å². The highest BCUT2D eigenvalue weighted by Gasteiger charge is 2.31. The Morgan fingerprint density at radius 1 is 1.31 bits per heavy atom. The van der Waals surface area contributed by atoms with Gasteiger partial charge in [-0.3, -0.25) is 4.79 Å². The van der Waals surface area contributed by atoms with E-state index in [1.54, 1.807) is 0 Å². The lowest BCUT2D eigenvalue weighted by atomic mass is 9.95. The van der Waals surface area contributed by atoms with Gasteiger partial charge in [0, 0.05) is 0 Å². The molecule has 2 heteroatoms. The zero-order valence-electron chi connectivity index (χ0n) is 7.87. The van der Waals surface area contributed by atoms with E-state index in [-0.39, 0.29) is 11.9 Å². The second-order valence-corrected chi connectivity index (χ2v) is 4.05. The number of ether oxygens (including phenoxy) is 1. The Labute approximate surface area is 79.0 Å². The molecule has 0 aromatic heterocycles. The fourth-order valence-electron chi connectivity index (χ4n) is 1.64. The monoisotopic (exact) mass is 180 g/mol. The van der Waals surface area contributed by atoms with Crippen molar-refractivity contribution in [1.82, 2.24) is 0 Å². The fraction of sp³-hybridized carbons (Fsp3) is 0.727. The highest BCUT2D eigenvalue weighted by atomic mass is 16.5. The van der Waals surface area contributed by atoms with Crippen molar-refractivity contribution in [2.24, 2.45) is 11.8 Å². The van der Waals surface area contributed by atoms with Crippen LogP contribution in [0.15, 0.2) is 12.2 Å². The van der Waals surface area contributed by atoms with Gasteiger partial charge in [0.2, 0.25) is 0 Å². The maximum Gasteiger partial charge on any atom is 0.308 e. The van der Waals surface area contributed by atoms with Gasteiger partial charge in [-0.15, -0.1) is 0 Å². The summed E-state index contributed by atoms with van der Waals surface area (Å²) in [5.41, 5.74) is 0. The summed E-state index contributed by atoms with van der Waals surface area (Å²) < 4.78 is 5.23. The topological polar surface area (TPSA) is 26.3 Å². The van der Waals surface area contributed by atoms with Crippen LogP contribution in [-0.2, 0) is 9.53 Å². The van der Waals surface area contributed by atoms with E-state index in [0.717, 1.165) is 25.7 Å². The smallest absolute Gasteiger partial charge is 0.308 e. The molecule has 1 saturated carbocycles. The number of allylic oxidation sites excluding steroid dienone is 2. The molecule has 2 nitrogen and oxygen atoms in total. The van der Waals surface area contributed by atoms with Crippen molar-refractivity contribution in [2.45, 2.75) is 32.1 Å². The standard InChI is InChI=1S/C11H16O2/c12-11(10-6-7-10)13-8-9-4-2-1-3-5-9/h1-2,9-10H,3-8H2. The molecule has 1 fully saturated rings. The minimum Gasteiger partial charge on any atom is -0.465 e. The highest BCUT2D eigenvalue weighted by Crippen LogP contribution is 2.30. The minimum absolute atomic E-state index is 0.0366. The van der Waals surface area contributed by atoms with Gasteiger partial charge in [0.25, 0.3) is 0 Å². The fourth-order valence-corrected chi connectivity index (χ4v) is 1.64. The van der Waals surface area contributed by atoms with Crippen LogP contribution in [0.5, 0.6) is 0 Å². The molecule has 1 unspecified atom stereocenters. The van der Waals surface area contributed by atoms with Gasteiger partial charge in [-0.2, -0.15) is 0 Å². The molecular weight excluding hydrogens is 164 g/mol. The van der Waals surface area contributed by atoms with E-state index >= 15 is 0 Å². The van der Waals surface area contributed by atoms with E-state index in [1.165, 1.54) is 6.42 Å². The van der Waals surface area contributed by atoms with Gasteiger partial charge in [-0.05, 0) is 38.0 Å². The van der Waals surface area contributed by atoms with Crippen LogP contribution in [0.1, 0.15) is 32.1 Å². The Morgan fingerprint density at radius 2 is 2.15 bits per heavy atom. The van der Waals surface area contributed by atoms with Gasteiger partial charge in [0.05, 0.1) is 12.5 Å². The molecule has 0 amide bonds. The van der Waals surface area contributed by atoms with Crippen LogP contribution in [0.2, 0.25) is 0 Å². The molecule has 0 radical (unpaired) electrons. The van der Waals surface area contributed by atoms with E-state index in [4.69, 9.17) is 4.74 Å². The number of rotatable bonds is 3. The second kappa shape index (κ2) is 3.95. The maximum atomic E-state index is 11.2. The normalized spacial score (nSPS) is 27.2. The number of carbonyl (C=O) groups is 1. The molecule has 2 aliphatic carbocycles. The summed E-state index contributed by atoms with van der Waals surface area (Å²) in [5, 5.41) is 0. The first-order chi connectivity index (χ1) is 6.36. The predicted octanol–water partition coefficient (Wildman–Crippen LogP) is 2.30. The summed E-state index contributed by atoms with van der Waals surface area (Å²) in [4.78, 5) is 11.2. The molecule has 0 saturated heterocycles. The molecule has 0 aromatic carbocycles. The summed E-state index contributed by atoms with van der Waals surface area (Å²) in [6, 6.07) is 0. The lowest BCUT2D eigenvalue weighted by molar-refractivity contribution is -0.146. The van der Waals surface area contributed by atoms with Crippen LogP contribution >= 0.6 is 0 Å². The Balaban J connectivity index is 1.66. The zero-order valence-corrected chi connectivity index (χ0v) is 7.87. The van der Waals surface area contributed by atoms with Gasteiger partial charge in [-0.1, -0.05) is 12.2 Å². The number of carbonyl (C=O) groups excluding carboxylic acids is 1. The van der Waals surface area contributed by atoms with Gasteiger partial charge >= 0.3 is 5.97 Å². The van der Waals surface area contributed by atoms with Crippen molar-refractivity contribution in [1.29, 1.82) is 0 Å². The largest absolute Gasteiger partial charge is 0.465 e. The van der Waals surface area contributed by atoms with Crippen molar-refractivity contribution in [3.63, 3.8) is 0 Å². The third-order valence-electron chi connectivity index (χ3n) is 2.75. The number of esters is 1. The predicted molar refractivity (Wildman–Crippen MR) is 50.2 cm³/mol. The molecule has 1 atom stereocenters. The average molecular weight is 180 g/mol. The van der Waals surface area contributed by atoms with E-state index in [2.05, 4.69) is 12.2 Å². The summed E-state index contributed by atoms with van der Waals surface area (Å²) in [7, 11) is 0. The molecule has 0 bridgehead atoms. The zero-order chi connectivity index (χ0) is 9.10. The second-order valence-electron chi connectivity index (χ2n) is 4.05. The molecule has 2 rings (SSSR count). The molecule has 0 aliphatic heterocycles. The van der Waals surface area contributed by atoms with E-state index in [9.17, 15) is 4.79 Å². The van der Waals surface area contributed by atoms with Crippen molar-refractivity contribution in [3.8, 4) is 0 Å². The van der Waals surface area contributed by atoms with Crippen LogP contribution < -0.4 is 0 Å². The molecule has 0 N–H and O–H groups in total. The van der Waals surface area contributed by atoms with Crippen LogP contribution in [0.25, 0.3) is 0 Å². The number of hydrogen-bond donors (Lipinski definition) is 0. The maximum absolute atomic E-state index is 11.2. The Kier molecular flexibility index (Phi) is 2.67. The van der Waals surface area contributed by atoms with Crippen molar-refractivity contribution >= 4 is 5.97 Å². The van der Waals surface area contributed by atoms with Crippen molar-refractivity contribution in [3.05, 3.63) is 12.2 Å². The summed E-state index contributed by atoms with van der Waals surface area (Å²) in [6.45, 7) is 0.639. The Hall–Kier alpha value is -0.790. The van der Waals surface area contributed by atoms with E-state index in [1.807, 2.05) is 0 Å². The third kappa shape index (κ3) is 2.58. The lowest BCUT2D eigenvalue weighted by Gasteiger charge is -2.17. The van der Waals surface area contributed by atoms with Crippen molar-refractivity contribution in [2.75, 3.05) is 6.61 Å². The molecule has 0 spiro atoms. The first-order valence-corrected chi connectivity index (χ1v) is 5.18. The molecule has 0 heterocycles. The molecule has 72 valence electrons. The van der Waals surface area contributed by atoms with Crippen LogP contribution in [0.3, 0.4) is 0 Å². The minimum atomic E-state index is 0.0366. The molecule has 2 aliphatic rings. The van der Waals surface area contributed by atoms with Gasteiger partial charge in [0.15, 0.2) is 0 Å². The Morgan fingerprint density at radius 3 is 2.77 bits per heavy atom. The molecule has 13 heavy (non-hydrogen) atoms. The van der Waals surface area contributed by atoms with Gasteiger partial charge in [0.1, 0.15) is 0 Å². The molecular formula is C11H16O2. The first-order valence-electron chi connectivity index (χ1n) is 5.18. The first kappa shape index (κ1) is 8.79. The summed E-state index contributed by atoms with van der Waals surface area (Å²) in [6.07, 6.45) is 9.89. The lowest BCUT2D eigenvalue weighted by Crippen LogP contribution is -2.16. The summed E-state index contributed by atoms with van der Waals surface area (Å²) in [5.74, 6) is 0.862. The van der Waals surface area contributed by atoms with Crippen LogP contribution in [0.4, 0.5) is 0 Å². The quantitative estimate of drug-likeness (QED) is 0.492.